The number of hydrogen-bond acceptors (Lipinski definition) is 6. The van der Waals surface area contributed by atoms with E-state index in [1.165, 1.54) is 41.5 Å². The van der Waals surface area contributed by atoms with E-state index in [1.807, 2.05) is 128 Å². The van der Waals surface area contributed by atoms with E-state index >= 15 is 0 Å². The first kappa shape index (κ1) is 43.6. The van der Waals surface area contributed by atoms with Crippen molar-refractivity contribution in [2.75, 3.05) is 0 Å². The van der Waals surface area contributed by atoms with Crippen molar-refractivity contribution in [1.29, 1.82) is 0 Å². The second kappa shape index (κ2) is 24.0. The Morgan fingerprint density at radius 2 is 0.723 bits per heavy atom. The molecule has 0 unspecified atom stereocenters. The Labute approximate surface area is 509 Å². The molecule has 9 nitrogen and oxygen atoms in total. The van der Waals surface area contributed by atoms with Crippen LogP contribution in [0.4, 0.5) is 0 Å². The van der Waals surface area contributed by atoms with E-state index in [-0.39, 0.29) is 5.92 Å². The van der Waals surface area contributed by atoms with Crippen LogP contribution in [0.5, 0.6) is 0 Å². The maximum absolute atomic E-state index is 8.35. The van der Waals surface area contributed by atoms with Crippen molar-refractivity contribution in [1.82, 2.24) is 15.0 Å². The van der Waals surface area contributed by atoms with Crippen LogP contribution in [-0.2, 0) is 65.8 Å². The first-order valence-electron chi connectivity index (χ1n) is 34.9. The molecule has 0 aliphatic heterocycles. The summed E-state index contributed by atoms with van der Waals surface area (Å²) in [5.41, 5.74) is 16.0. The summed E-state index contributed by atoms with van der Waals surface area (Å²) in [6.07, 6.45) is -4.29. The highest BCUT2D eigenvalue weighted by atomic mass is 16.3. The van der Waals surface area contributed by atoms with E-state index < -0.39 is 44.1 Å². The number of hydrogen-bond donors (Lipinski definition) is 0. The predicted molar refractivity (Wildman–Crippen MR) is 342 cm³/mol. The van der Waals surface area contributed by atoms with Crippen LogP contribution in [-0.4, -0.2) is 15.0 Å². The van der Waals surface area contributed by atoms with Crippen molar-refractivity contribution in [3.05, 3.63) is 177 Å². The lowest BCUT2D eigenvalue weighted by Crippen LogP contribution is -2.32. The zero-order valence-electron chi connectivity index (χ0n) is 64.1. The summed E-state index contributed by atoms with van der Waals surface area (Å²) in [6.45, 7) is 24.5. The third-order valence-electron chi connectivity index (χ3n) is 15.9. The third-order valence-corrected chi connectivity index (χ3v) is 15.9. The second-order valence-corrected chi connectivity index (χ2v) is 21.8. The molecule has 0 saturated heterocycles. The fourth-order valence-corrected chi connectivity index (χ4v) is 11.2. The van der Waals surface area contributed by atoms with Crippen LogP contribution >= 0.6 is 0 Å². The van der Waals surface area contributed by atoms with Crippen LogP contribution < -0.4 is 13.7 Å². The van der Waals surface area contributed by atoms with E-state index in [1.54, 1.807) is 50.6 Å². The molecular weight excluding hydrogens is 1020 g/mol. The Balaban J connectivity index is 0.000000157. The zero-order valence-corrected chi connectivity index (χ0v) is 51.1. The summed E-state index contributed by atoms with van der Waals surface area (Å²) < 4.78 is 132. The molecule has 0 amide bonds. The molecule has 83 heavy (non-hydrogen) atoms. The van der Waals surface area contributed by atoms with Gasteiger partial charge in [-0.1, -0.05) is 113 Å². The van der Waals surface area contributed by atoms with Crippen molar-refractivity contribution < 1.29 is 44.8 Å². The lowest BCUT2D eigenvalue weighted by Gasteiger charge is -2.10. The van der Waals surface area contributed by atoms with Gasteiger partial charge in [0.15, 0.2) is 35.3 Å². The van der Waals surface area contributed by atoms with Gasteiger partial charge in [-0.25, -0.2) is 28.7 Å². The Hall–Kier alpha value is -8.04. The standard InChI is InChI=1S/2C25H29N2O.C24H27N2O/c2*1-7-17-13-22(27(6)14-18(17)8-2)23-16(5)9-10-19-20-11-12-21(15(3)4)26-25(20)28-24(19)23;1-6-16-13-21(26(5)14-17(16)7-2)22-15(4)9-11-19-20-12-10-18(8-3)25-24(20)27-23(19)22/h2*9-15H,7-8H2,1-6H3;9-14H,6-8H2,1-5H3/q3*+1/i7D2,8D2,15D;7D2,8D2;6D2,7D2. The van der Waals surface area contributed by atoms with Crippen LogP contribution in [0, 0.1) is 20.8 Å². The molecule has 9 heteroatoms. The molecule has 3 aromatic carbocycles. The zero-order chi connectivity index (χ0) is 70.8. The molecule has 0 N–H and O–H groups in total. The molecule has 12 aromatic rings. The Bertz CT molecular complexity index is 5050. The van der Waals surface area contributed by atoms with Crippen LogP contribution in [0.25, 0.3) is 100.0 Å². The van der Waals surface area contributed by atoms with Gasteiger partial charge in [-0.15, -0.1) is 0 Å². The number of fused-ring (bicyclic) bond motifs is 9. The summed E-state index contributed by atoms with van der Waals surface area (Å²) in [4.78, 5) is 14.0. The number of pyridine rings is 6. The molecular formula is C74H85N6O3+3. The fourth-order valence-electron chi connectivity index (χ4n) is 11.2. The largest absolute Gasteiger partial charge is 0.437 e. The number of benzene rings is 3. The molecule has 0 atom stereocenters. The summed E-state index contributed by atoms with van der Waals surface area (Å²) in [5, 5.41) is 5.56. The van der Waals surface area contributed by atoms with Crippen molar-refractivity contribution in [2.24, 2.45) is 21.1 Å². The minimum absolute atomic E-state index is 0.289. The first-order valence-corrected chi connectivity index (χ1v) is 28.4. The minimum Gasteiger partial charge on any atom is -0.437 e. The van der Waals surface area contributed by atoms with E-state index in [4.69, 9.17) is 36.1 Å². The van der Waals surface area contributed by atoms with Crippen molar-refractivity contribution in [3.8, 4) is 33.8 Å². The SMILES string of the molecule is [2H]C([2H])(C)c1cc(-c2c(C)ccc3c2oc2nc(C(C)C)ccc23)[n+](C)cc1C([2H])([2H])C.[2H]C([2H])(C)c1cc(-c2c(C)ccc3c2oc2nc(C([2H])(C)C)ccc23)[n+](C)cc1C([2H])([2H])C.[2H]C([2H])(C)c1cc(-c2c(C)ccc3c2oc2nc(CC)ccc23)[n+](C)cc1C([2H])([2H])C. The van der Waals surface area contributed by atoms with Crippen LogP contribution in [0.3, 0.4) is 0 Å². The van der Waals surface area contributed by atoms with Gasteiger partial charge in [-0.3, -0.25) is 0 Å². The summed E-state index contributed by atoms with van der Waals surface area (Å²) in [7, 11) is 5.54. The van der Waals surface area contributed by atoms with Crippen LogP contribution in [0.1, 0.15) is 173 Å². The van der Waals surface area contributed by atoms with E-state index in [0.717, 1.165) is 101 Å². The topological polar surface area (TPSA) is 89.7 Å². The van der Waals surface area contributed by atoms with E-state index in [9.17, 15) is 0 Å². The Kier molecular flexibility index (Phi) is 12.6. The molecule has 12 rings (SSSR count). The molecule has 0 saturated carbocycles. The second-order valence-electron chi connectivity index (χ2n) is 21.8. The van der Waals surface area contributed by atoms with Gasteiger partial charge in [0.2, 0.25) is 34.2 Å². The normalized spacial score (nSPS) is 15.2. The smallest absolute Gasteiger partial charge is 0.227 e. The maximum Gasteiger partial charge on any atom is 0.227 e. The maximum atomic E-state index is 8.35. The van der Waals surface area contributed by atoms with Crippen LogP contribution in [0.2, 0.25) is 0 Å². The van der Waals surface area contributed by atoms with Gasteiger partial charge < -0.3 is 13.3 Å². The predicted octanol–water partition coefficient (Wildman–Crippen LogP) is 17.5. The van der Waals surface area contributed by atoms with Gasteiger partial charge >= 0.3 is 0 Å². The van der Waals surface area contributed by atoms with Gasteiger partial charge in [-0.2, -0.15) is 0 Å². The number of rotatable bonds is 12. The molecule has 0 fully saturated rings. The average molecular weight is 1120 g/mol. The van der Waals surface area contributed by atoms with Crippen molar-refractivity contribution >= 4 is 66.2 Å². The molecule has 0 spiro atoms. The number of furan rings is 3. The lowest BCUT2D eigenvalue weighted by atomic mass is 9.97. The van der Waals surface area contributed by atoms with E-state index in [2.05, 4.69) is 30.7 Å². The third kappa shape index (κ3) is 10.8. The lowest BCUT2D eigenvalue weighted by molar-refractivity contribution is -0.661. The first-order chi connectivity index (χ1) is 44.3. The number of aryl methyl sites for hydroxylation is 13. The Morgan fingerprint density at radius 1 is 0.410 bits per heavy atom. The van der Waals surface area contributed by atoms with Gasteiger partial charge in [-0.05, 0) is 147 Å². The number of nitrogens with zero attached hydrogens (tertiary/aromatic N) is 6. The van der Waals surface area contributed by atoms with Gasteiger partial charge in [0.25, 0.3) is 0 Å². The molecule has 0 bridgehead atoms. The molecule has 0 aliphatic carbocycles. The Morgan fingerprint density at radius 3 is 1.05 bits per heavy atom. The van der Waals surface area contributed by atoms with Crippen molar-refractivity contribution in [3.63, 3.8) is 0 Å². The van der Waals surface area contributed by atoms with Crippen LogP contribution in [0.15, 0.2) is 123 Å². The highest BCUT2D eigenvalue weighted by molar-refractivity contribution is 6.11. The average Bonchev–Trinajstić information content (AvgIpc) is 1.41. The highest BCUT2D eigenvalue weighted by Crippen LogP contribution is 2.40. The summed E-state index contributed by atoms with van der Waals surface area (Å²) >= 11 is 0. The summed E-state index contributed by atoms with van der Waals surface area (Å²) in [6, 6.07) is 29.3. The quantitative estimate of drug-likeness (QED) is 0.113. The van der Waals surface area contributed by atoms with Gasteiger partial charge in [0.05, 0.1) is 16.7 Å². The molecule has 9 heterocycles. The highest BCUT2D eigenvalue weighted by Gasteiger charge is 2.27. The monoisotopic (exact) mass is 1120 g/mol. The van der Waals surface area contributed by atoms with Gasteiger partial charge in [0.1, 0.15) is 21.1 Å². The summed E-state index contributed by atoms with van der Waals surface area (Å²) in [5.74, 6) is -0.563. The van der Waals surface area contributed by atoms with Crippen molar-refractivity contribution in [2.45, 2.75) is 153 Å². The van der Waals surface area contributed by atoms with E-state index in [0.29, 0.717) is 73.0 Å². The fraction of sp³-hybridized carbons (Fsp3) is 0.351. The minimum atomic E-state index is -1.73. The molecule has 0 radical (unpaired) electrons. The molecule has 426 valence electrons. The van der Waals surface area contributed by atoms with Gasteiger partial charge in [0, 0.05) is 102 Å². The number of aromatic nitrogens is 6. The molecule has 9 aromatic heterocycles. The molecule has 0 aliphatic rings.